The maximum absolute atomic E-state index is 11.6. The molecule has 0 radical (unpaired) electrons. The summed E-state index contributed by atoms with van der Waals surface area (Å²) in [7, 11) is 6.28. The van der Waals surface area contributed by atoms with E-state index in [0.717, 1.165) is 43.1 Å². The molecule has 0 N–H and O–H groups in total. The summed E-state index contributed by atoms with van der Waals surface area (Å²) >= 11 is 0. The Morgan fingerprint density at radius 2 is 1.25 bits per heavy atom. The molecule has 0 aromatic heterocycles. The molecule has 3 heteroatoms. The van der Waals surface area contributed by atoms with Crippen molar-refractivity contribution >= 4 is 5.97 Å². The molecule has 0 spiro atoms. The maximum Gasteiger partial charge on any atom is 0.306 e. The Bertz CT molecular complexity index is 481. The van der Waals surface area contributed by atoms with Crippen LogP contribution in [0.2, 0.25) is 0 Å². The van der Waals surface area contributed by atoms with Gasteiger partial charge in [-0.05, 0) is 44.9 Å². The number of hydrogen-bond donors (Lipinski definition) is 0. The van der Waals surface area contributed by atoms with Gasteiger partial charge in [-0.3, -0.25) is 4.79 Å². The van der Waals surface area contributed by atoms with Gasteiger partial charge in [-0.15, -0.1) is 0 Å². The van der Waals surface area contributed by atoms with Crippen molar-refractivity contribution in [1.82, 2.24) is 0 Å². The first-order valence-electron chi connectivity index (χ1n) is 11.0. The van der Waals surface area contributed by atoms with E-state index in [-0.39, 0.29) is 5.97 Å². The number of nitrogens with zero attached hydrogens (tertiary/aromatic N) is 1. The molecule has 0 aliphatic heterocycles. The Morgan fingerprint density at radius 3 is 1.75 bits per heavy atom. The van der Waals surface area contributed by atoms with Crippen molar-refractivity contribution in [2.45, 2.75) is 71.1 Å². The second kappa shape index (κ2) is 18.7. The van der Waals surface area contributed by atoms with E-state index in [1.165, 1.54) is 25.7 Å². The summed E-state index contributed by atoms with van der Waals surface area (Å²) in [6, 6.07) is 0. The minimum Gasteiger partial charge on any atom is -0.460 e. The topological polar surface area (TPSA) is 26.3 Å². The van der Waals surface area contributed by atoms with Gasteiger partial charge in [0.15, 0.2) is 0 Å². The zero-order valence-corrected chi connectivity index (χ0v) is 18.9. The quantitative estimate of drug-likeness (QED) is 0.125. The summed E-state index contributed by atoms with van der Waals surface area (Å²) in [5, 5.41) is 0. The molecule has 0 saturated heterocycles. The number of carbonyl (C=O) groups is 1. The van der Waals surface area contributed by atoms with E-state index in [1.807, 2.05) is 0 Å². The fourth-order valence-electron chi connectivity index (χ4n) is 2.43. The first-order valence-corrected chi connectivity index (χ1v) is 11.0. The molecule has 0 unspecified atom stereocenters. The highest BCUT2D eigenvalue weighted by atomic mass is 16.5. The highest BCUT2D eigenvalue weighted by Gasteiger charge is 2.08. The minimum absolute atomic E-state index is 0.0793. The van der Waals surface area contributed by atoms with Crippen LogP contribution in [-0.4, -0.2) is 44.7 Å². The number of likely N-dealkylation sites (N-methyl/N-ethyl adjacent to an activating group) is 1. The summed E-state index contributed by atoms with van der Waals surface area (Å²) < 4.78 is 6.06. The Hall–Kier alpha value is -1.61. The van der Waals surface area contributed by atoms with Crippen LogP contribution in [0.3, 0.4) is 0 Å². The number of rotatable bonds is 17. The van der Waals surface area contributed by atoms with Gasteiger partial charge in [0, 0.05) is 6.42 Å². The van der Waals surface area contributed by atoms with E-state index in [4.69, 9.17) is 4.74 Å². The van der Waals surface area contributed by atoms with Crippen LogP contribution in [0, 0.1) is 0 Å². The van der Waals surface area contributed by atoms with Crippen molar-refractivity contribution in [1.29, 1.82) is 0 Å². The molecule has 0 rings (SSSR count). The lowest BCUT2D eigenvalue weighted by Crippen LogP contribution is -2.37. The third kappa shape index (κ3) is 22.4. The van der Waals surface area contributed by atoms with Crippen LogP contribution >= 0.6 is 0 Å². The van der Waals surface area contributed by atoms with E-state index in [1.54, 1.807) is 0 Å². The largest absolute Gasteiger partial charge is 0.460 e. The highest BCUT2D eigenvalue weighted by molar-refractivity contribution is 5.69. The molecular formula is C25H44NO2+. The third-order valence-corrected chi connectivity index (χ3v) is 4.23. The van der Waals surface area contributed by atoms with Gasteiger partial charge in [-0.25, -0.2) is 0 Å². The molecule has 0 aliphatic carbocycles. The number of ether oxygens (including phenoxy) is 1. The van der Waals surface area contributed by atoms with Crippen molar-refractivity contribution in [3.8, 4) is 0 Å². The molecule has 0 amide bonds. The summed E-state index contributed by atoms with van der Waals surface area (Å²) in [4.78, 5) is 11.6. The second-order valence-corrected chi connectivity index (χ2v) is 8.22. The third-order valence-electron chi connectivity index (χ3n) is 4.23. The summed E-state index contributed by atoms with van der Waals surface area (Å²) in [5.41, 5.74) is 0. The highest BCUT2D eigenvalue weighted by Crippen LogP contribution is 2.02. The fraction of sp³-hybridized carbons (Fsp3) is 0.640. The lowest BCUT2D eigenvalue weighted by molar-refractivity contribution is -0.870. The van der Waals surface area contributed by atoms with Crippen molar-refractivity contribution in [2.75, 3.05) is 34.3 Å². The van der Waals surface area contributed by atoms with E-state index in [2.05, 4.69) is 76.7 Å². The molecule has 160 valence electrons. The van der Waals surface area contributed by atoms with Crippen molar-refractivity contribution in [3.05, 3.63) is 48.6 Å². The molecule has 0 bridgehead atoms. The molecule has 3 nitrogen and oxygen atoms in total. The lowest BCUT2D eigenvalue weighted by Gasteiger charge is -2.23. The van der Waals surface area contributed by atoms with Crippen LogP contribution in [0.4, 0.5) is 0 Å². The number of esters is 1. The standard InChI is InChI=1S/C25H44NO2/c1-5-6-7-8-9-10-11-12-13-14-15-16-17-18-19-20-21-22-25(27)28-24-23-26(2,3)4/h9-10,12-13,15-16,18-19H,5-8,11,14,17,20-24H2,1-4H3/q+1. The molecule has 0 atom stereocenters. The van der Waals surface area contributed by atoms with Crippen molar-refractivity contribution in [2.24, 2.45) is 0 Å². The smallest absolute Gasteiger partial charge is 0.306 e. The van der Waals surface area contributed by atoms with Crippen LogP contribution in [0.1, 0.15) is 71.1 Å². The van der Waals surface area contributed by atoms with E-state index in [9.17, 15) is 4.79 Å². The molecule has 0 aliphatic rings. The lowest BCUT2D eigenvalue weighted by atomic mass is 10.2. The van der Waals surface area contributed by atoms with Gasteiger partial charge in [-0.1, -0.05) is 68.4 Å². The van der Waals surface area contributed by atoms with Gasteiger partial charge in [-0.2, -0.15) is 0 Å². The molecular weight excluding hydrogens is 346 g/mol. The predicted molar refractivity (Wildman–Crippen MR) is 122 cm³/mol. The fourth-order valence-corrected chi connectivity index (χ4v) is 2.43. The number of unbranched alkanes of at least 4 members (excludes halogenated alkanes) is 4. The van der Waals surface area contributed by atoms with Gasteiger partial charge in [0.25, 0.3) is 0 Å². The number of carbonyl (C=O) groups excluding carboxylic acids is 1. The van der Waals surface area contributed by atoms with Crippen molar-refractivity contribution in [3.63, 3.8) is 0 Å². The average molecular weight is 391 g/mol. The first-order chi connectivity index (χ1) is 13.5. The minimum atomic E-state index is -0.0793. The van der Waals surface area contributed by atoms with E-state index >= 15 is 0 Å². The van der Waals surface area contributed by atoms with Crippen LogP contribution < -0.4 is 0 Å². The van der Waals surface area contributed by atoms with Crippen LogP contribution in [0.25, 0.3) is 0 Å². The molecule has 28 heavy (non-hydrogen) atoms. The Labute approximate surface area is 174 Å². The Morgan fingerprint density at radius 1 is 0.750 bits per heavy atom. The molecule has 0 heterocycles. The average Bonchev–Trinajstić information content (AvgIpc) is 2.63. The summed E-state index contributed by atoms with van der Waals surface area (Å²) in [5.74, 6) is -0.0793. The number of allylic oxidation sites excluding steroid dienone is 8. The normalized spacial score (nSPS) is 12.9. The monoisotopic (exact) mass is 390 g/mol. The first kappa shape index (κ1) is 26.4. The number of quaternary nitrogens is 1. The maximum atomic E-state index is 11.6. The molecule has 0 fully saturated rings. The molecule has 0 saturated carbocycles. The van der Waals surface area contributed by atoms with Gasteiger partial charge >= 0.3 is 5.97 Å². The van der Waals surface area contributed by atoms with E-state index in [0.29, 0.717) is 13.0 Å². The van der Waals surface area contributed by atoms with Crippen molar-refractivity contribution < 1.29 is 14.0 Å². The van der Waals surface area contributed by atoms with Crippen LogP contribution in [0.15, 0.2) is 48.6 Å². The van der Waals surface area contributed by atoms with Gasteiger partial charge in [0.05, 0.1) is 21.1 Å². The second-order valence-electron chi connectivity index (χ2n) is 8.22. The van der Waals surface area contributed by atoms with Crippen LogP contribution in [-0.2, 0) is 9.53 Å². The zero-order chi connectivity index (χ0) is 20.9. The van der Waals surface area contributed by atoms with Gasteiger partial charge in [0.1, 0.15) is 13.2 Å². The zero-order valence-electron chi connectivity index (χ0n) is 18.9. The predicted octanol–water partition coefficient (Wildman–Crippen LogP) is 6.38. The van der Waals surface area contributed by atoms with Crippen LogP contribution in [0.5, 0.6) is 0 Å². The Kier molecular flexibility index (Phi) is 17.7. The Balaban J connectivity index is 3.51. The molecule has 0 aromatic rings. The number of hydrogen-bond acceptors (Lipinski definition) is 2. The summed E-state index contributed by atoms with van der Waals surface area (Å²) in [6.45, 7) is 3.60. The molecule has 0 aromatic carbocycles. The van der Waals surface area contributed by atoms with E-state index < -0.39 is 0 Å². The SMILES string of the molecule is CCCCCC=CCC=CCC=CCC=CCCCC(=O)OCC[N+](C)(C)C. The van der Waals surface area contributed by atoms with Gasteiger partial charge in [0.2, 0.25) is 0 Å². The summed E-state index contributed by atoms with van der Waals surface area (Å²) in [6.07, 6.45) is 28.2. The van der Waals surface area contributed by atoms with Gasteiger partial charge < -0.3 is 9.22 Å².